The molecular formula is C14H12N4O2. The molecule has 3 rings (SSSR count). The highest BCUT2D eigenvalue weighted by Crippen LogP contribution is 2.22. The van der Waals surface area contributed by atoms with E-state index in [0.717, 1.165) is 0 Å². The van der Waals surface area contributed by atoms with Crippen molar-refractivity contribution in [2.45, 2.75) is 13.8 Å². The lowest BCUT2D eigenvalue weighted by atomic mass is 10.1. The molecule has 0 fully saturated rings. The van der Waals surface area contributed by atoms with E-state index in [2.05, 4.69) is 20.4 Å². The van der Waals surface area contributed by atoms with Gasteiger partial charge < -0.3 is 9.84 Å². The van der Waals surface area contributed by atoms with Gasteiger partial charge in [-0.15, -0.1) is 0 Å². The van der Waals surface area contributed by atoms with Gasteiger partial charge in [-0.1, -0.05) is 11.2 Å². The smallest absolute Gasteiger partial charge is 0.258 e. The number of nitrogens with zero attached hydrogens (tertiary/aromatic N) is 3. The molecule has 0 unspecified atom stereocenters. The van der Waals surface area contributed by atoms with Crippen LogP contribution in [0.5, 0.6) is 0 Å². The van der Waals surface area contributed by atoms with Crippen LogP contribution in [0, 0.1) is 13.8 Å². The van der Waals surface area contributed by atoms with Crippen molar-refractivity contribution in [2.24, 2.45) is 0 Å². The van der Waals surface area contributed by atoms with Crippen LogP contribution in [-0.4, -0.2) is 21.0 Å². The topological polar surface area (TPSA) is 80.9 Å². The maximum absolute atomic E-state index is 12.4. The molecule has 20 heavy (non-hydrogen) atoms. The Hall–Kier alpha value is -2.76. The highest BCUT2D eigenvalue weighted by atomic mass is 16.5. The Morgan fingerprint density at radius 1 is 1.30 bits per heavy atom. The number of carbonyl (C=O) groups excluding carboxylic acids is 1. The van der Waals surface area contributed by atoms with Crippen LogP contribution >= 0.6 is 0 Å². The average molecular weight is 268 g/mol. The molecule has 0 saturated heterocycles. The van der Waals surface area contributed by atoms with Crippen molar-refractivity contribution >= 4 is 22.8 Å². The first-order valence-corrected chi connectivity index (χ1v) is 6.11. The highest BCUT2D eigenvalue weighted by Gasteiger charge is 2.18. The molecule has 100 valence electrons. The predicted octanol–water partition coefficient (Wildman–Crippen LogP) is 2.49. The Bertz CT molecular complexity index is 780. The Balaban J connectivity index is 2.05. The normalized spacial score (nSPS) is 10.7. The van der Waals surface area contributed by atoms with Gasteiger partial charge in [0.2, 0.25) is 0 Å². The zero-order chi connectivity index (χ0) is 14.1. The predicted molar refractivity (Wildman–Crippen MR) is 73.5 cm³/mol. The van der Waals surface area contributed by atoms with Gasteiger partial charge in [0.25, 0.3) is 11.6 Å². The van der Waals surface area contributed by atoms with Crippen molar-refractivity contribution in [3.8, 4) is 0 Å². The minimum absolute atomic E-state index is 0.259. The molecule has 0 aliphatic heterocycles. The second kappa shape index (κ2) is 4.73. The van der Waals surface area contributed by atoms with Crippen LogP contribution in [0.2, 0.25) is 0 Å². The van der Waals surface area contributed by atoms with E-state index in [-0.39, 0.29) is 5.91 Å². The summed E-state index contributed by atoms with van der Waals surface area (Å²) in [4.78, 5) is 20.7. The Labute approximate surface area is 114 Å². The molecular weight excluding hydrogens is 256 g/mol. The second-order valence-electron chi connectivity index (χ2n) is 4.43. The number of hydrogen-bond donors (Lipinski definition) is 1. The summed E-state index contributed by atoms with van der Waals surface area (Å²) >= 11 is 0. The van der Waals surface area contributed by atoms with Crippen molar-refractivity contribution in [2.75, 3.05) is 5.32 Å². The molecule has 3 aromatic rings. The fourth-order valence-corrected chi connectivity index (χ4v) is 2.02. The number of amides is 1. The molecule has 1 N–H and O–H groups in total. The minimum Gasteiger partial charge on any atom is -0.336 e. The molecule has 1 amide bonds. The second-order valence-corrected chi connectivity index (χ2v) is 4.43. The Morgan fingerprint density at radius 2 is 2.15 bits per heavy atom. The van der Waals surface area contributed by atoms with Gasteiger partial charge in [-0.05, 0) is 32.0 Å². The van der Waals surface area contributed by atoms with Gasteiger partial charge in [0.1, 0.15) is 5.82 Å². The first-order valence-electron chi connectivity index (χ1n) is 6.11. The molecule has 0 aliphatic carbocycles. The number of hydrogen-bond acceptors (Lipinski definition) is 5. The van der Waals surface area contributed by atoms with Crippen LogP contribution in [-0.2, 0) is 0 Å². The molecule has 3 heterocycles. The van der Waals surface area contributed by atoms with Crippen LogP contribution in [0.1, 0.15) is 21.7 Å². The molecule has 0 aromatic carbocycles. The summed E-state index contributed by atoms with van der Waals surface area (Å²) in [5.41, 5.74) is 2.18. The first-order chi connectivity index (χ1) is 9.65. The van der Waals surface area contributed by atoms with Crippen molar-refractivity contribution in [3.63, 3.8) is 0 Å². The van der Waals surface area contributed by atoms with Gasteiger partial charge in [0.05, 0.1) is 16.6 Å². The fraction of sp³-hybridized carbons (Fsp3) is 0.143. The summed E-state index contributed by atoms with van der Waals surface area (Å²) in [5, 5.41) is 7.23. The molecule has 0 bridgehead atoms. The van der Waals surface area contributed by atoms with Gasteiger partial charge in [-0.25, -0.2) is 9.97 Å². The van der Waals surface area contributed by atoms with E-state index in [4.69, 9.17) is 4.52 Å². The standard InChI is InChI=1S/C14H12N4O2/c1-8-7-10(12-9(2)18-20-14(12)16-8)13(19)17-11-5-3-4-6-15-11/h3-7H,1-2H3,(H,15,17,19). The van der Waals surface area contributed by atoms with Gasteiger partial charge in [0.15, 0.2) is 0 Å². The molecule has 6 heteroatoms. The lowest BCUT2D eigenvalue weighted by Gasteiger charge is -2.05. The van der Waals surface area contributed by atoms with Gasteiger partial charge in [-0.2, -0.15) is 0 Å². The third-order valence-corrected chi connectivity index (χ3v) is 2.90. The number of anilines is 1. The third kappa shape index (κ3) is 2.11. The zero-order valence-electron chi connectivity index (χ0n) is 11.0. The highest BCUT2D eigenvalue weighted by molar-refractivity contribution is 6.12. The summed E-state index contributed by atoms with van der Waals surface area (Å²) in [6.07, 6.45) is 1.62. The van der Waals surface area contributed by atoms with E-state index in [1.807, 2.05) is 0 Å². The summed E-state index contributed by atoms with van der Waals surface area (Å²) in [5.74, 6) is 0.236. The molecule has 0 radical (unpaired) electrons. The van der Waals surface area contributed by atoms with E-state index >= 15 is 0 Å². The molecule has 6 nitrogen and oxygen atoms in total. The number of nitrogens with one attached hydrogen (secondary N) is 1. The first kappa shape index (κ1) is 12.3. The van der Waals surface area contributed by atoms with Crippen LogP contribution in [0.15, 0.2) is 35.0 Å². The number of aryl methyl sites for hydroxylation is 2. The number of rotatable bonds is 2. The fourth-order valence-electron chi connectivity index (χ4n) is 2.02. The zero-order valence-corrected chi connectivity index (χ0v) is 11.0. The Morgan fingerprint density at radius 3 is 2.90 bits per heavy atom. The van der Waals surface area contributed by atoms with E-state index in [9.17, 15) is 4.79 Å². The van der Waals surface area contributed by atoms with Crippen LogP contribution in [0.4, 0.5) is 5.82 Å². The summed E-state index contributed by atoms with van der Waals surface area (Å²) in [6.45, 7) is 3.58. The summed E-state index contributed by atoms with van der Waals surface area (Å²) in [7, 11) is 0. The number of carbonyl (C=O) groups is 1. The minimum atomic E-state index is -0.259. The quantitative estimate of drug-likeness (QED) is 0.772. The van der Waals surface area contributed by atoms with E-state index < -0.39 is 0 Å². The van der Waals surface area contributed by atoms with Crippen LogP contribution < -0.4 is 5.32 Å². The van der Waals surface area contributed by atoms with Crippen molar-refractivity contribution in [1.29, 1.82) is 0 Å². The SMILES string of the molecule is Cc1cc(C(=O)Nc2ccccn2)c2c(C)noc2n1. The number of fused-ring (bicyclic) bond motifs is 1. The molecule has 0 saturated carbocycles. The summed E-state index contributed by atoms with van der Waals surface area (Å²) in [6, 6.07) is 7.03. The maximum atomic E-state index is 12.4. The third-order valence-electron chi connectivity index (χ3n) is 2.90. The number of aromatic nitrogens is 3. The molecule has 3 aromatic heterocycles. The summed E-state index contributed by atoms with van der Waals surface area (Å²) < 4.78 is 5.11. The van der Waals surface area contributed by atoms with Crippen molar-refractivity contribution < 1.29 is 9.32 Å². The van der Waals surface area contributed by atoms with Gasteiger partial charge in [-0.3, -0.25) is 4.79 Å². The largest absolute Gasteiger partial charge is 0.336 e. The Kier molecular flexibility index (Phi) is 2.90. The van der Waals surface area contributed by atoms with Crippen molar-refractivity contribution in [3.05, 3.63) is 47.4 Å². The van der Waals surface area contributed by atoms with E-state index in [1.54, 1.807) is 44.3 Å². The monoisotopic (exact) mass is 268 g/mol. The van der Waals surface area contributed by atoms with Crippen LogP contribution in [0.25, 0.3) is 11.1 Å². The van der Waals surface area contributed by atoms with Crippen molar-refractivity contribution in [1.82, 2.24) is 15.1 Å². The lowest BCUT2D eigenvalue weighted by molar-refractivity contribution is 0.102. The molecule has 0 atom stereocenters. The number of pyridine rings is 2. The van der Waals surface area contributed by atoms with E-state index in [1.165, 1.54) is 0 Å². The average Bonchev–Trinajstić information content (AvgIpc) is 2.80. The lowest BCUT2D eigenvalue weighted by Crippen LogP contribution is -2.14. The van der Waals surface area contributed by atoms with Gasteiger partial charge >= 0.3 is 0 Å². The van der Waals surface area contributed by atoms with Gasteiger partial charge in [0, 0.05) is 11.9 Å². The maximum Gasteiger partial charge on any atom is 0.258 e. The molecule has 0 spiro atoms. The van der Waals surface area contributed by atoms with Crippen LogP contribution in [0.3, 0.4) is 0 Å². The van der Waals surface area contributed by atoms with E-state index in [0.29, 0.717) is 33.9 Å². The molecule has 0 aliphatic rings.